The first-order chi connectivity index (χ1) is 18.5. The molecule has 4 aromatic rings. The topological polar surface area (TPSA) is 81.5 Å². The standard InChI is InChI=1S/C27H25Cl2N5O3S/c1-36-22-9-2-18(3-10-22)26-31-32-27(34(26)21-8-11-23(28)24(29)16-21)38-17-25(35)30-19-4-6-20(7-5-19)33-12-14-37-15-13-33/h2-11,16H,12-15,17H2,1H3,(H,30,35). The Labute approximate surface area is 234 Å². The predicted molar refractivity (Wildman–Crippen MR) is 152 cm³/mol. The Morgan fingerprint density at radius 3 is 2.37 bits per heavy atom. The van der Waals surface area contributed by atoms with Crippen molar-refractivity contribution in [1.82, 2.24) is 14.8 Å². The highest BCUT2D eigenvalue weighted by atomic mass is 35.5. The van der Waals surface area contributed by atoms with E-state index in [9.17, 15) is 4.79 Å². The van der Waals surface area contributed by atoms with E-state index in [-0.39, 0.29) is 11.7 Å². The Morgan fingerprint density at radius 2 is 1.68 bits per heavy atom. The molecule has 1 saturated heterocycles. The van der Waals surface area contributed by atoms with Gasteiger partial charge in [-0.25, -0.2) is 0 Å². The molecule has 3 aromatic carbocycles. The van der Waals surface area contributed by atoms with Gasteiger partial charge in [0, 0.05) is 30.0 Å². The van der Waals surface area contributed by atoms with Crippen LogP contribution < -0.4 is 15.0 Å². The number of thioether (sulfide) groups is 1. The summed E-state index contributed by atoms with van der Waals surface area (Å²) >= 11 is 13.8. The van der Waals surface area contributed by atoms with Crippen molar-refractivity contribution < 1.29 is 14.3 Å². The summed E-state index contributed by atoms with van der Waals surface area (Å²) in [7, 11) is 1.62. The summed E-state index contributed by atoms with van der Waals surface area (Å²) in [5.74, 6) is 1.34. The number of methoxy groups -OCH3 is 1. The number of carbonyl (C=O) groups is 1. The monoisotopic (exact) mass is 569 g/mol. The molecule has 38 heavy (non-hydrogen) atoms. The summed E-state index contributed by atoms with van der Waals surface area (Å²) in [6.07, 6.45) is 0. The lowest BCUT2D eigenvalue weighted by atomic mass is 10.2. The lowest BCUT2D eigenvalue weighted by molar-refractivity contribution is -0.113. The lowest BCUT2D eigenvalue weighted by Crippen LogP contribution is -2.36. The second kappa shape index (κ2) is 12.1. The molecule has 0 spiro atoms. The highest BCUT2D eigenvalue weighted by Crippen LogP contribution is 2.32. The fraction of sp³-hybridized carbons (Fsp3) is 0.222. The highest BCUT2D eigenvalue weighted by Gasteiger charge is 2.19. The Bertz CT molecular complexity index is 1410. The van der Waals surface area contributed by atoms with Gasteiger partial charge in [-0.2, -0.15) is 0 Å². The van der Waals surface area contributed by atoms with Crippen molar-refractivity contribution in [1.29, 1.82) is 0 Å². The van der Waals surface area contributed by atoms with Gasteiger partial charge in [-0.1, -0.05) is 35.0 Å². The van der Waals surface area contributed by atoms with E-state index >= 15 is 0 Å². The van der Waals surface area contributed by atoms with Crippen molar-refractivity contribution in [2.24, 2.45) is 0 Å². The highest BCUT2D eigenvalue weighted by molar-refractivity contribution is 7.99. The van der Waals surface area contributed by atoms with Gasteiger partial charge in [0.25, 0.3) is 0 Å². The van der Waals surface area contributed by atoms with Gasteiger partial charge in [0.1, 0.15) is 5.75 Å². The van der Waals surface area contributed by atoms with Crippen LogP contribution in [0.1, 0.15) is 0 Å². The average molecular weight is 571 g/mol. The maximum Gasteiger partial charge on any atom is 0.234 e. The largest absolute Gasteiger partial charge is 0.497 e. The van der Waals surface area contributed by atoms with Crippen LogP contribution in [0, 0.1) is 0 Å². The molecule has 1 aliphatic heterocycles. The van der Waals surface area contributed by atoms with Crippen molar-refractivity contribution >= 4 is 52.2 Å². The molecule has 0 bridgehead atoms. The van der Waals surface area contributed by atoms with Crippen LogP contribution in [0.2, 0.25) is 10.0 Å². The molecule has 0 unspecified atom stereocenters. The Kier molecular flexibility index (Phi) is 8.38. The van der Waals surface area contributed by atoms with Gasteiger partial charge in [0.05, 0.1) is 41.8 Å². The molecular formula is C27H25Cl2N5O3S. The second-order valence-corrected chi connectivity index (χ2v) is 10.2. The summed E-state index contributed by atoms with van der Waals surface area (Å²) in [6.45, 7) is 3.17. The van der Waals surface area contributed by atoms with Gasteiger partial charge < -0.3 is 19.7 Å². The number of carbonyl (C=O) groups excluding carboxylic acids is 1. The third-order valence-electron chi connectivity index (χ3n) is 6.00. The molecule has 1 aliphatic rings. The molecule has 0 saturated carbocycles. The first-order valence-corrected chi connectivity index (χ1v) is 13.7. The van der Waals surface area contributed by atoms with E-state index in [1.54, 1.807) is 19.2 Å². The van der Waals surface area contributed by atoms with Gasteiger partial charge in [0.2, 0.25) is 5.91 Å². The normalized spacial score (nSPS) is 13.4. The van der Waals surface area contributed by atoms with E-state index in [2.05, 4.69) is 20.4 Å². The van der Waals surface area contributed by atoms with Crippen LogP contribution in [0.15, 0.2) is 71.9 Å². The van der Waals surface area contributed by atoms with Crippen molar-refractivity contribution in [3.8, 4) is 22.8 Å². The van der Waals surface area contributed by atoms with Crippen LogP contribution in [-0.2, 0) is 9.53 Å². The summed E-state index contributed by atoms with van der Waals surface area (Å²) < 4.78 is 12.5. The van der Waals surface area contributed by atoms with Crippen LogP contribution in [-0.4, -0.2) is 59.8 Å². The van der Waals surface area contributed by atoms with E-state index < -0.39 is 0 Å². The number of amides is 1. The SMILES string of the molecule is COc1ccc(-c2nnc(SCC(=O)Nc3ccc(N4CCOCC4)cc3)n2-c2ccc(Cl)c(Cl)c2)cc1. The Hall–Kier alpha value is -3.24. The molecule has 5 rings (SSSR count). The van der Waals surface area contributed by atoms with Crippen molar-refractivity contribution in [2.75, 3.05) is 49.4 Å². The fourth-order valence-corrected chi connectivity index (χ4v) is 5.10. The Morgan fingerprint density at radius 1 is 0.974 bits per heavy atom. The summed E-state index contributed by atoms with van der Waals surface area (Å²) in [5, 5.41) is 13.2. The molecule has 0 atom stereocenters. The number of aromatic nitrogens is 3. The van der Waals surface area contributed by atoms with E-state index in [0.29, 0.717) is 21.0 Å². The number of hydrogen-bond donors (Lipinski definition) is 1. The minimum atomic E-state index is -0.149. The number of nitrogens with one attached hydrogen (secondary N) is 1. The quantitative estimate of drug-likeness (QED) is 0.268. The van der Waals surface area contributed by atoms with Gasteiger partial charge in [-0.05, 0) is 66.7 Å². The zero-order valence-corrected chi connectivity index (χ0v) is 22.9. The van der Waals surface area contributed by atoms with Crippen LogP contribution >= 0.6 is 35.0 Å². The molecular weight excluding hydrogens is 545 g/mol. The summed E-state index contributed by atoms with van der Waals surface area (Å²) in [4.78, 5) is 15.1. The van der Waals surface area contributed by atoms with Crippen LogP contribution in [0.4, 0.5) is 11.4 Å². The maximum absolute atomic E-state index is 12.8. The van der Waals surface area contributed by atoms with Gasteiger partial charge >= 0.3 is 0 Å². The van der Waals surface area contributed by atoms with E-state index in [1.807, 2.05) is 59.2 Å². The average Bonchev–Trinajstić information content (AvgIpc) is 3.38. The zero-order chi connectivity index (χ0) is 26.5. The zero-order valence-electron chi connectivity index (χ0n) is 20.6. The van der Waals surface area contributed by atoms with Gasteiger partial charge in [-0.15, -0.1) is 10.2 Å². The number of hydrogen-bond acceptors (Lipinski definition) is 7. The van der Waals surface area contributed by atoms with Gasteiger partial charge in [0.15, 0.2) is 11.0 Å². The predicted octanol–water partition coefficient (Wildman–Crippen LogP) is 5.82. The number of ether oxygens (including phenoxy) is 2. The summed E-state index contributed by atoms with van der Waals surface area (Å²) in [5.41, 5.74) is 3.41. The molecule has 8 nitrogen and oxygen atoms in total. The van der Waals surface area contributed by atoms with E-state index in [1.165, 1.54) is 11.8 Å². The molecule has 11 heteroatoms. The number of halogens is 2. The van der Waals surface area contributed by atoms with Crippen molar-refractivity contribution in [2.45, 2.75) is 5.16 Å². The molecule has 1 amide bonds. The van der Waals surface area contributed by atoms with Crippen molar-refractivity contribution in [3.05, 3.63) is 76.8 Å². The molecule has 1 N–H and O–H groups in total. The van der Waals surface area contributed by atoms with Crippen LogP contribution in [0.3, 0.4) is 0 Å². The lowest BCUT2D eigenvalue weighted by Gasteiger charge is -2.28. The minimum absolute atomic E-state index is 0.146. The van der Waals surface area contributed by atoms with Crippen molar-refractivity contribution in [3.63, 3.8) is 0 Å². The van der Waals surface area contributed by atoms with Crippen LogP contribution in [0.5, 0.6) is 5.75 Å². The molecule has 0 aliphatic carbocycles. The first-order valence-electron chi connectivity index (χ1n) is 11.9. The second-order valence-electron chi connectivity index (χ2n) is 8.45. The van der Waals surface area contributed by atoms with E-state index in [4.69, 9.17) is 32.7 Å². The number of anilines is 2. The fourth-order valence-electron chi connectivity index (χ4n) is 4.05. The number of benzene rings is 3. The maximum atomic E-state index is 12.8. The Balaban J connectivity index is 1.32. The molecule has 2 heterocycles. The molecule has 196 valence electrons. The number of rotatable bonds is 8. The third-order valence-corrected chi connectivity index (χ3v) is 7.67. The summed E-state index contributed by atoms with van der Waals surface area (Å²) in [6, 6.07) is 20.7. The number of morpholine rings is 1. The molecule has 1 aromatic heterocycles. The van der Waals surface area contributed by atoms with E-state index in [0.717, 1.165) is 54.7 Å². The van der Waals surface area contributed by atoms with Crippen LogP contribution in [0.25, 0.3) is 17.1 Å². The third kappa shape index (κ3) is 6.07. The van der Waals surface area contributed by atoms with Gasteiger partial charge in [-0.3, -0.25) is 9.36 Å². The smallest absolute Gasteiger partial charge is 0.234 e. The minimum Gasteiger partial charge on any atom is -0.497 e. The molecule has 0 radical (unpaired) electrons. The number of nitrogens with zero attached hydrogens (tertiary/aromatic N) is 4. The molecule has 1 fully saturated rings. The first kappa shape index (κ1) is 26.4.